The maximum Gasteiger partial charge on any atom is 0.354 e. The Labute approximate surface area is 107 Å². The number of carboxylic acids is 1. The Hall–Kier alpha value is -1.36. The molecule has 0 saturated heterocycles. The van der Waals surface area contributed by atoms with Gasteiger partial charge in [-0.1, -0.05) is 13.8 Å². The van der Waals surface area contributed by atoms with E-state index in [4.69, 9.17) is 0 Å². The van der Waals surface area contributed by atoms with Gasteiger partial charge in [-0.3, -0.25) is 4.40 Å². The minimum absolute atomic E-state index is 0.139. The molecule has 2 heterocycles. The van der Waals surface area contributed by atoms with Crippen LogP contribution in [0.3, 0.4) is 0 Å². The average molecular weight is 297 g/mol. The highest BCUT2D eigenvalue weighted by atomic mass is 79.9. The molecule has 1 atom stereocenters. The summed E-state index contributed by atoms with van der Waals surface area (Å²) >= 11 is 3.34. The molecular weight excluding hydrogens is 284 g/mol. The monoisotopic (exact) mass is 296 g/mol. The van der Waals surface area contributed by atoms with E-state index in [1.807, 2.05) is 26.0 Å². The van der Waals surface area contributed by atoms with Gasteiger partial charge in [0.05, 0.1) is 5.69 Å². The molecule has 0 aromatic carbocycles. The van der Waals surface area contributed by atoms with Crippen LogP contribution in [0.25, 0.3) is 5.65 Å². The first-order chi connectivity index (χ1) is 8.04. The largest absolute Gasteiger partial charge is 0.477 e. The van der Waals surface area contributed by atoms with Crippen LogP contribution in [-0.4, -0.2) is 20.5 Å². The topological polar surface area (TPSA) is 54.6 Å². The van der Waals surface area contributed by atoms with Crippen LogP contribution >= 0.6 is 15.9 Å². The Balaban J connectivity index is 2.76. The molecule has 2 aromatic rings. The lowest BCUT2D eigenvalue weighted by atomic mass is 10.0. The Morgan fingerprint density at radius 3 is 2.88 bits per heavy atom. The molecule has 1 N–H and O–H groups in total. The molecule has 0 aliphatic rings. The van der Waals surface area contributed by atoms with Crippen molar-refractivity contribution in [2.45, 2.75) is 26.2 Å². The van der Waals surface area contributed by atoms with Crippen molar-refractivity contribution in [1.82, 2.24) is 9.38 Å². The van der Waals surface area contributed by atoms with Crippen LogP contribution in [0, 0.1) is 0 Å². The molecule has 0 bridgehead atoms. The van der Waals surface area contributed by atoms with E-state index >= 15 is 0 Å². The number of rotatable bonds is 3. The number of pyridine rings is 1. The maximum atomic E-state index is 11.4. The first-order valence-corrected chi connectivity index (χ1v) is 6.24. The Morgan fingerprint density at radius 2 is 2.29 bits per heavy atom. The highest BCUT2D eigenvalue weighted by Gasteiger charge is 2.21. The predicted octanol–water partition coefficient (Wildman–Crippen LogP) is 3.31. The molecule has 2 rings (SSSR count). The van der Waals surface area contributed by atoms with Crippen molar-refractivity contribution >= 4 is 27.5 Å². The van der Waals surface area contributed by atoms with Gasteiger partial charge in [0.15, 0.2) is 5.69 Å². The minimum Gasteiger partial charge on any atom is -0.477 e. The van der Waals surface area contributed by atoms with E-state index in [2.05, 4.69) is 20.9 Å². The summed E-state index contributed by atoms with van der Waals surface area (Å²) in [5.74, 6) is -0.800. The van der Waals surface area contributed by atoms with Gasteiger partial charge in [0.25, 0.3) is 0 Å². The van der Waals surface area contributed by atoms with Gasteiger partial charge < -0.3 is 5.11 Å². The molecule has 0 fully saturated rings. The summed E-state index contributed by atoms with van der Waals surface area (Å²) < 4.78 is 2.45. The second-order valence-electron chi connectivity index (χ2n) is 4.04. The molecule has 0 spiro atoms. The standard InChI is InChI=1S/C12H13BrN2O2/c1-3-7(2)10-11(12(16)17)15-6-8(13)4-5-9(15)14-10/h4-7H,3H2,1-2H3,(H,16,17). The summed E-state index contributed by atoms with van der Waals surface area (Å²) in [5.41, 5.74) is 1.58. The fourth-order valence-corrected chi connectivity index (χ4v) is 2.12. The Kier molecular flexibility index (Phi) is 3.19. The van der Waals surface area contributed by atoms with Crippen LogP contribution in [0.5, 0.6) is 0 Å². The minimum atomic E-state index is -0.939. The summed E-state index contributed by atoms with van der Waals surface area (Å²) in [6.45, 7) is 4.01. The molecule has 90 valence electrons. The van der Waals surface area contributed by atoms with Crippen molar-refractivity contribution < 1.29 is 9.90 Å². The third-order valence-corrected chi connectivity index (χ3v) is 3.36. The molecule has 1 unspecified atom stereocenters. The SMILES string of the molecule is CCC(C)c1nc2ccc(Br)cn2c1C(=O)O. The number of aromatic nitrogens is 2. The molecule has 17 heavy (non-hydrogen) atoms. The first-order valence-electron chi connectivity index (χ1n) is 5.45. The number of imidazole rings is 1. The highest BCUT2D eigenvalue weighted by Crippen LogP contribution is 2.24. The van der Waals surface area contributed by atoms with Gasteiger partial charge in [0.2, 0.25) is 0 Å². The smallest absolute Gasteiger partial charge is 0.354 e. The van der Waals surface area contributed by atoms with Crippen LogP contribution in [0.2, 0.25) is 0 Å². The zero-order chi connectivity index (χ0) is 12.6. The van der Waals surface area contributed by atoms with Crippen LogP contribution < -0.4 is 0 Å². The van der Waals surface area contributed by atoms with E-state index in [-0.39, 0.29) is 11.6 Å². The quantitative estimate of drug-likeness (QED) is 0.945. The predicted molar refractivity (Wildman–Crippen MR) is 68.6 cm³/mol. The third-order valence-electron chi connectivity index (χ3n) is 2.89. The van der Waals surface area contributed by atoms with Crippen molar-refractivity contribution in [2.24, 2.45) is 0 Å². The van der Waals surface area contributed by atoms with Crippen LogP contribution in [0.4, 0.5) is 0 Å². The number of hydrogen-bond donors (Lipinski definition) is 1. The van der Waals surface area contributed by atoms with Crippen LogP contribution in [-0.2, 0) is 0 Å². The second kappa shape index (κ2) is 4.49. The number of hydrogen-bond acceptors (Lipinski definition) is 2. The Bertz CT molecular complexity index is 577. The molecule has 0 radical (unpaired) electrons. The van der Waals surface area contributed by atoms with Gasteiger partial charge in [-0.05, 0) is 34.5 Å². The van der Waals surface area contributed by atoms with Crippen molar-refractivity contribution in [3.05, 3.63) is 34.2 Å². The first kappa shape index (κ1) is 12.1. The maximum absolute atomic E-state index is 11.4. The second-order valence-corrected chi connectivity index (χ2v) is 4.95. The lowest BCUT2D eigenvalue weighted by molar-refractivity contribution is 0.0687. The molecule has 2 aromatic heterocycles. The molecule has 0 amide bonds. The zero-order valence-electron chi connectivity index (χ0n) is 9.64. The summed E-state index contributed by atoms with van der Waals surface area (Å²) in [5, 5.41) is 9.31. The van der Waals surface area contributed by atoms with Crippen LogP contribution in [0.1, 0.15) is 42.4 Å². The van der Waals surface area contributed by atoms with E-state index < -0.39 is 5.97 Å². The van der Waals surface area contributed by atoms with Crippen molar-refractivity contribution in [1.29, 1.82) is 0 Å². The number of carbonyl (C=O) groups is 1. The summed E-state index contributed by atoms with van der Waals surface area (Å²) in [6.07, 6.45) is 2.60. The van der Waals surface area contributed by atoms with Gasteiger partial charge in [0, 0.05) is 16.6 Å². The van der Waals surface area contributed by atoms with Crippen LogP contribution in [0.15, 0.2) is 22.8 Å². The fraction of sp³-hybridized carbons (Fsp3) is 0.333. The van der Waals surface area contributed by atoms with E-state index in [0.29, 0.717) is 11.3 Å². The molecule has 5 heteroatoms. The van der Waals surface area contributed by atoms with Gasteiger partial charge in [-0.25, -0.2) is 9.78 Å². The molecular formula is C12H13BrN2O2. The fourth-order valence-electron chi connectivity index (χ4n) is 1.79. The molecule has 0 aliphatic heterocycles. The number of halogens is 1. The lowest BCUT2D eigenvalue weighted by Gasteiger charge is -2.05. The number of nitrogens with zero attached hydrogens (tertiary/aromatic N) is 2. The van der Waals surface area contributed by atoms with Crippen molar-refractivity contribution in [3.63, 3.8) is 0 Å². The molecule has 0 saturated carbocycles. The van der Waals surface area contributed by atoms with Gasteiger partial charge in [0.1, 0.15) is 5.65 Å². The normalized spacial score (nSPS) is 12.9. The summed E-state index contributed by atoms with van der Waals surface area (Å²) in [4.78, 5) is 15.8. The Morgan fingerprint density at radius 1 is 1.59 bits per heavy atom. The lowest BCUT2D eigenvalue weighted by Crippen LogP contribution is -2.07. The van der Waals surface area contributed by atoms with E-state index in [1.54, 1.807) is 10.6 Å². The molecule has 0 aliphatic carbocycles. The van der Waals surface area contributed by atoms with Gasteiger partial charge in [-0.2, -0.15) is 0 Å². The van der Waals surface area contributed by atoms with E-state index in [1.165, 1.54) is 0 Å². The van der Waals surface area contributed by atoms with Crippen molar-refractivity contribution in [2.75, 3.05) is 0 Å². The number of fused-ring (bicyclic) bond motifs is 1. The van der Waals surface area contributed by atoms with Crippen molar-refractivity contribution in [3.8, 4) is 0 Å². The number of aromatic carboxylic acids is 1. The summed E-state index contributed by atoms with van der Waals surface area (Å²) in [6, 6.07) is 3.66. The summed E-state index contributed by atoms with van der Waals surface area (Å²) in [7, 11) is 0. The third kappa shape index (κ3) is 2.07. The van der Waals surface area contributed by atoms with Gasteiger partial charge >= 0.3 is 5.97 Å². The number of carboxylic acid groups (broad SMARTS) is 1. The molecule has 4 nitrogen and oxygen atoms in total. The zero-order valence-corrected chi connectivity index (χ0v) is 11.2. The average Bonchev–Trinajstić information content (AvgIpc) is 2.66. The van der Waals surface area contributed by atoms with E-state index in [0.717, 1.165) is 10.9 Å². The van der Waals surface area contributed by atoms with E-state index in [9.17, 15) is 9.90 Å². The highest BCUT2D eigenvalue weighted by molar-refractivity contribution is 9.10. The van der Waals surface area contributed by atoms with Gasteiger partial charge in [-0.15, -0.1) is 0 Å².